The van der Waals surface area contributed by atoms with Gasteiger partial charge in [-0.05, 0) is 74.5 Å². The third-order valence-corrected chi connectivity index (χ3v) is 5.12. The molecule has 1 aliphatic carbocycles. The van der Waals surface area contributed by atoms with E-state index in [9.17, 15) is 0 Å². The van der Waals surface area contributed by atoms with E-state index in [1.165, 1.54) is 38.0 Å². The van der Waals surface area contributed by atoms with Crippen LogP contribution >= 0.6 is 11.8 Å². The minimum atomic E-state index is 0.881. The van der Waals surface area contributed by atoms with Gasteiger partial charge in [-0.25, -0.2) is 0 Å². The Hall–Kier alpha value is 0.310. The lowest BCUT2D eigenvalue weighted by atomic mass is 9.69. The summed E-state index contributed by atoms with van der Waals surface area (Å²) in [5.74, 6) is 5.13. The first kappa shape index (κ1) is 15.4. The summed E-state index contributed by atoms with van der Waals surface area (Å²) < 4.78 is 0. The van der Waals surface area contributed by atoms with Crippen LogP contribution in [0.4, 0.5) is 0 Å². The van der Waals surface area contributed by atoms with Gasteiger partial charge < -0.3 is 5.32 Å². The molecule has 17 heavy (non-hydrogen) atoms. The second kappa shape index (κ2) is 8.42. The third kappa shape index (κ3) is 5.21. The topological polar surface area (TPSA) is 12.0 Å². The van der Waals surface area contributed by atoms with Crippen LogP contribution in [0.25, 0.3) is 0 Å². The summed E-state index contributed by atoms with van der Waals surface area (Å²) in [5, 5.41) is 3.56. The Labute approximate surface area is 113 Å². The highest BCUT2D eigenvalue weighted by Gasteiger charge is 2.30. The van der Waals surface area contributed by atoms with Crippen LogP contribution in [0.5, 0.6) is 0 Å². The Balaban J connectivity index is 2.46. The minimum Gasteiger partial charge on any atom is -0.317 e. The molecule has 2 heteroatoms. The fourth-order valence-corrected chi connectivity index (χ4v) is 3.73. The molecule has 102 valence electrons. The molecule has 0 spiro atoms. The van der Waals surface area contributed by atoms with E-state index in [4.69, 9.17) is 0 Å². The van der Waals surface area contributed by atoms with Gasteiger partial charge in [0.1, 0.15) is 0 Å². The Morgan fingerprint density at radius 3 is 2.59 bits per heavy atom. The van der Waals surface area contributed by atoms with Crippen LogP contribution in [-0.2, 0) is 0 Å². The largest absolute Gasteiger partial charge is 0.317 e. The van der Waals surface area contributed by atoms with Crippen molar-refractivity contribution < 1.29 is 0 Å². The van der Waals surface area contributed by atoms with E-state index in [0.717, 1.165) is 30.2 Å². The number of nitrogens with one attached hydrogen (secondary N) is 1. The number of hydrogen-bond acceptors (Lipinski definition) is 2. The van der Waals surface area contributed by atoms with Crippen LogP contribution in [0.2, 0.25) is 0 Å². The maximum absolute atomic E-state index is 3.56. The van der Waals surface area contributed by atoms with Crippen LogP contribution in [0.1, 0.15) is 46.5 Å². The van der Waals surface area contributed by atoms with Gasteiger partial charge in [-0.2, -0.15) is 11.8 Å². The van der Waals surface area contributed by atoms with Gasteiger partial charge in [0.2, 0.25) is 0 Å². The third-order valence-electron chi connectivity index (χ3n) is 4.47. The SMILES string of the molecule is CCNCC1CCC(C(C)C)CC1CCSC. The predicted molar refractivity (Wildman–Crippen MR) is 80.7 cm³/mol. The molecule has 0 radical (unpaired) electrons. The lowest BCUT2D eigenvalue weighted by Crippen LogP contribution is -2.34. The highest BCUT2D eigenvalue weighted by molar-refractivity contribution is 7.98. The van der Waals surface area contributed by atoms with Gasteiger partial charge >= 0.3 is 0 Å². The highest BCUT2D eigenvalue weighted by atomic mass is 32.2. The molecule has 1 aliphatic rings. The molecule has 0 aliphatic heterocycles. The van der Waals surface area contributed by atoms with E-state index in [1.807, 2.05) is 11.8 Å². The minimum absolute atomic E-state index is 0.881. The molecule has 1 N–H and O–H groups in total. The van der Waals surface area contributed by atoms with Crippen molar-refractivity contribution in [1.29, 1.82) is 0 Å². The molecule has 1 rings (SSSR count). The maximum Gasteiger partial charge on any atom is -0.00180 e. The van der Waals surface area contributed by atoms with Crippen molar-refractivity contribution in [1.82, 2.24) is 5.32 Å². The maximum atomic E-state index is 3.56. The molecule has 0 heterocycles. The molecule has 0 aromatic rings. The van der Waals surface area contributed by atoms with Gasteiger partial charge in [-0.3, -0.25) is 0 Å². The van der Waals surface area contributed by atoms with Gasteiger partial charge in [0.25, 0.3) is 0 Å². The monoisotopic (exact) mass is 257 g/mol. The van der Waals surface area contributed by atoms with E-state index in [1.54, 1.807) is 0 Å². The normalized spacial score (nSPS) is 29.8. The molecule has 0 aromatic heterocycles. The average molecular weight is 257 g/mol. The van der Waals surface area contributed by atoms with Crippen LogP contribution in [-0.4, -0.2) is 25.1 Å². The lowest BCUT2D eigenvalue weighted by molar-refractivity contribution is 0.143. The van der Waals surface area contributed by atoms with Crippen molar-refractivity contribution in [2.45, 2.75) is 46.5 Å². The smallest absolute Gasteiger partial charge is 0.00180 e. The fourth-order valence-electron chi connectivity index (χ4n) is 3.19. The van der Waals surface area contributed by atoms with Gasteiger partial charge in [-0.1, -0.05) is 20.8 Å². The van der Waals surface area contributed by atoms with E-state index in [0.29, 0.717) is 0 Å². The van der Waals surface area contributed by atoms with Crippen molar-refractivity contribution in [3.8, 4) is 0 Å². The molecule has 1 saturated carbocycles. The summed E-state index contributed by atoms with van der Waals surface area (Å²) in [4.78, 5) is 0. The molecule has 0 saturated heterocycles. The molecule has 3 unspecified atom stereocenters. The first-order valence-electron chi connectivity index (χ1n) is 7.38. The number of rotatable bonds is 7. The summed E-state index contributed by atoms with van der Waals surface area (Å²) in [5.41, 5.74) is 0. The predicted octanol–water partition coefficient (Wildman–Crippen LogP) is 4.04. The number of thioether (sulfide) groups is 1. The first-order valence-corrected chi connectivity index (χ1v) is 8.78. The van der Waals surface area contributed by atoms with E-state index in [2.05, 4.69) is 32.3 Å². The van der Waals surface area contributed by atoms with E-state index < -0.39 is 0 Å². The molecule has 0 aromatic carbocycles. The van der Waals surface area contributed by atoms with Gasteiger partial charge in [0.15, 0.2) is 0 Å². The van der Waals surface area contributed by atoms with Crippen LogP contribution in [0.3, 0.4) is 0 Å². The van der Waals surface area contributed by atoms with E-state index in [-0.39, 0.29) is 0 Å². The Morgan fingerprint density at radius 2 is 2.00 bits per heavy atom. The second-order valence-electron chi connectivity index (χ2n) is 5.93. The summed E-state index contributed by atoms with van der Waals surface area (Å²) >= 11 is 2.01. The average Bonchev–Trinajstić information content (AvgIpc) is 2.34. The second-order valence-corrected chi connectivity index (χ2v) is 6.91. The Morgan fingerprint density at radius 1 is 1.24 bits per heavy atom. The quantitative estimate of drug-likeness (QED) is 0.739. The molecule has 3 atom stereocenters. The van der Waals surface area contributed by atoms with Crippen LogP contribution in [0.15, 0.2) is 0 Å². The molecule has 0 amide bonds. The number of hydrogen-bond donors (Lipinski definition) is 1. The van der Waals surface area contributed by atoms with Gasteiger partial charge in [-0.15, -0.1) is 0 Å². The van der Waals surface area contributed by atoms with Crippen LogP contribution < -0.4 is 5.32 Å². The van der Waals surface area contributed by atoms with Gasteiger partial charge in [0.05, 0.1) is 0 Å². The van der Waals surface area contributed by atoms with Crippen molar-refractivity contribution in [2.75, 3.05) is 25.1 Å². The molecule has 1 fully saturated rings. The summed E-state index contributed by atoms with van der Waals surface area (Å²) in [6.45, 7) is 9.40. The molecule has 0 bridgehead atoms. The zero-order chi connectivity index (χ0) is 12.7. The summed E-state index contributed by atoms with van der Waals surface area (Å²) in [7, 11) is 0. The molecule has 1 nitrogen and oxygen atoms in total. The van der Waals surface area contributed by atoms with Gasteiger partial charge in [0, 0.05) is 0 Å². The first-order chi connectivity index (χ1) is 8.19. The molecular weight excluding hydrogens is 226 g/mol. The van der Waals surface area contributed by atoms with Crippen molar-refractivity contribution in [3.63, 3.8) is 0 Å². The fraction of sp³-hybridized carbons (Fsp3) is 1.00. The Kier molecular flexibility index (Phi) is 7.61. The summed E-state index contributed by atoms with van der Waals surface area (Å²) in [6, 6.07) is 0. The van der Waals surface area contributed by atoms with Crippen molar-refractivity contribution in [2.24, 2.45) is 23.7 Å². The highest BCUT2D eigenvalue weighted by Crippen LogP contribution is 2.39. The summed E-state index contributed by atoms with van der Waals surface area (Å²) in [6.07, 6.45) is 8.06. The standard InChI is InChI=1S/C15H31NS/c1-5-16-11-15-7-6-13(12(2)3)10-14(15)8-9-17-4/h12-16H,5-11H2,1-4H3. The lowest BCUT2D eigenvalue weighted by Gasteiger charge is -2.38. The zero-order valence-electron chi connectivity index (χ0n) is 12.2. The zero-order valence-corrected chi connectivity index (χ0v) is 13.0. The van der Waals surface area contributed by atoms with Crippen LogP contribution in [0, 0.1) is 23.7 Å². The van der Waals surface area contributed by atoms with Crippen molar-refractivity contribution >= 4 is 11.8 Å². The van der Waals surface area contributed by atoms with E-state index >= 15 is 0 Å². The van der Waals surface area contributed by atoms with Crippen molar-refractivity contribution in [3.05, 3.63) is 0 Å². The molecular formula is C15H31NS. The Bertz CT molecular complexity index is 193.